The molecule has 0 saturated carbocycles. The van der Waals surface area contributed by atoms with Gasteiger partial charge < -0.3 is 19.6 Å². The zero-order valence-electron chi connectivity index (χ0n) is 21.6. The summed E-state index contributed by atoms with van der Waals surface area (Å²) < 4.78 is 66.8. The number of hydrogen-bond donors (Lipinski definition) is 1. The molecule has 1 saturated heterocycles. The molecule has 0 unspecified atom stereocenters. The number of benzene rings is 1. The number of rotatable bonds is 6. The van der Waals surface area contributed by atoms with Crippen molar-refractivity contribution in [1.82, 2.24) is 14.1 Å². The number of hydrogen-bond acceptors (Lipinski definition) is 6. The standard InChI is InChI=1S/C22H35N3O4S.C2HF3O2/c1-5-17(6-2)22(26)24-13-11-18-19(12-14-24)29-20-9-7-8-10-21(20)30(27,28)25(18)16-15-23(3)4;3-2(4,5)1(6)7/h7-10,17-19H,5-6,11-16H2,1-4H3;(H,6,7)/t18-,19-;/m0./s1. The summed E-state index contributed by atoms with van der Waals surface area (Å²) in [5, 5.41) is 7.12. The molecule has 2 aliphatic heterocycles. The minimum atomic E-state index is -5.08. The first-order valence-corrected chi connectivity index (χ1v) is 13.7. The number of nitrogens with zero attached hydrogens (tertiary/aromatic N) is 3. The summed E-state index contributed by atoms with van der Waals surface area (Å²) in [6.45, 7) is 6.27. The number of likely N-dealkylation sites (N-methyl/N-ethyl adjacent to an activating group) is 1. The molecule has 0 aromatic heterocycles. The maximum atomic E-state index is 13.6. The summed E-state index contributed by atoms with van der Waals surface area (Å²) in [6.07, 6.45) is -2.50. The van der Waals surface area contributed by atoms with Crippen LogP contribution in [0.4, 0.5) is 13.2 Å². The number of fused-ring (bicyclic) bond motifs is 2. The van der Waals surface area contributed by atoms with E-state index in [0.717, 1.165) is 12.8 Å². The van der Waals surface area contributed by atoms with E-state index < -0.39 is 22.2 Å². The summed E-state index contributed by atoms with van der Waals surface area (Å²) in [5.74, 6) is -2.13. The summed E-state index contributed by atoms with van der Waals surface area (Å²) >= 11 is 0. The van der Waals surface area contributed by atoms with Crippen LogP contribution in [-0.4, -0.2) is 98.1 Å². The Bertz CT molecular complexity index is 1030. The van der Waals surface area contributed by atoms with Gasteiger partial charge >= 0.3 is 12.1 Å². The second-order valence-corrected chi connectivity index (χ2v) is 11.2. The molecule has 3 rings (SSSR count). The third-order valence-corrected chi connectivity index (χ3v) is 8.51. The Morgan fingerprint density at radius 1 is 1.14 bits per heavy atom. The van der Waals surface area contributed by atoms with Gasteiger partial charge in [0.05, 0.1) is 6.04 Å². The molecule has 1 amide bonds. The predicted molar refractivity (Wildman–Crippen MR) is 131 cm³/mol. The lowest BCUT2D eigenvalue weighted by Crippen LogP contribution is -2.49. The molecule has 2 atom stereocenters. The van der Waals surface area contributed by atoms with Crippen molar-refractivity contribution in [3.05, 3.63) is 24.3 Å². The van der Waals surface area contributed by atoms with Crippen LogP contribution in [-0.2, 0) is 19.6 Å². The molecule has 0 aliphatic carbocycles. The summed E-state index contributed by atoms with van der Waals surface area (Å²) in [7, 11) is 0.193. The Balaban J connectivity index is 0.000000604. The van der Waals surface area contributed by atoms with Crippen molar-refractivity contribution in [3.8, 4) is 5.75 Å². The van der Waals surface area contributed by atoms with Gasteiger partial charge in [-0.2, -0.15) is 17.5 Å². The van der Waals surface area contributed by atoms with Crippen LogP contribution in [0.5, 0.6) is 5.75 Å². The van der Waals surface area contributed by atoms with Crippen LogP contribution in [0.15, 0.2) is 29.2 Å². The van der Waals surface area contributed by atoms with E-state index in [1.807, 2.05) is 37.7 Å². The lowest BCUT2D eigenvalue weighted by atomic mass is 10.0. The number of carbonyl (C=O) groups is 2. The topological polar surface area (TPSA) is 107 Å². The SMILES string of the molecule is CCC(CC)C(=O)N1CC[C@@H]2Oc3ccccc3S(=O)(=O)N(CCN(C)C)[C@H]2CC1.O=C(O)C(F)(F)F. The lowest BCUT2D eigenvalue weighted by Gasteiger charge is -2.32. The highest BCUT2D eigenvalue weighted by Gasteiger charge is 2.43. The fraction of sp³-hybridized carbons (Fsp3) is 0.667. The molecule has 1 aromatic rings. The van der Waals surface area contributed by atoms with Gasteiger partial charge in [0.15, 0.2) is 0 Å². The highest BCUT2D eigenvalue weighted by atomic mass is 32.2. The Hall–Kier alpha value is -2.38. The van der Waals surface area contributed by atoms with Gasteiger partial charge in [0.2, 0.25) is 15.9 Å². The number of likely N-dealkylation sites (tertiary alicyclic amines) is 1. The van der Waals surface area contributed by atoms with Gasteiger partial charge in [-0.3, -0.25) is 4.79 Å². The molecular weight excluding hydrogens is 515 g/mol. The molecule has 2 heterocycles. The third-order valence-electron chi connectivity index (χ3n) is 6.55. The molecular formula is C24H36F3N3O6S. The third kappa shape index (κ3) is 7.81. The summed E-state index contributed by atoms with van der Waals surface area (Å²) in [6, 6.07) is 6.61. The Morgan fingerprint density at radius 3 is 2.24 bits per heavy atom. The van der Waals surface area contributed by atoms with E-state index in [1.165, 1.54) is 0 Å². The number of ether oxygens (including phenoxy) is 1. The minimum Gasteiger partial charge on any atom is -0.487 e. The van der Waals surface area contributed by atoms with Gasteiger partial charge in [-0.1, -0.05) is 26.0 Å². The number of sulfonamides is 1. The Kier molecular flexibility index (Phi) is 10.8. The van der Waals surface area contributed by atoms with Crippen molar-refractivity contribution < 1.29 is 41.0 Å². The van der Waals surface area contributed by atoms with Crippen LogP contribution in [0.1, 0.15) is 39.5 Å². The van der Waals surface area contributed by atoms with E-state index in [2.05, 4.69) is 0 Å². The highest BCUT2D eigenvalue weighted by Crippen LogP contribution is 2.36. The quantitative estimate of drug-likeness (QED) is 0.579. The van der Waals surface area contributed by atoms with Crippen LogP contribution in [0, 0.1) is 5.92 Å². The molecule has 0 spiro atoms. The fourth-order valence-electron chi connectivity index (χ4n) is 4.46. The average Bonchev–Trinajstić information content (AvgIpc) is 3.06. The first-order valence-electron chi connectivity index (χ1n) is 12.2. The maximum absolute atomic E-state index is 13.6. The van der Waals surface area contributed by atoms with Gasteiger partial charge in [0.25, 0.3) is 0 Å². The van der Waals surface area contributed by atoms with Crippen LogP contribution < -0.4 is 4.74 Å². The smallest absolute Gasteiger partial charge is 0.487 e. The molecule has 2 aliphatic rings. The molecule has 210 valence electrons. The molecule has 9 nitrogen and oxygen atoms in total. The van der Waals surface area contributed by atoms with Crippen molar-refractivity contribution in [2.75, 3.05) is 40.3 Å². The van der Waals surface area contributed by atoms with E-state index in [4.69, 9.17) is 14.6 Å². The zero-order chi connectivity index (χ0) is 28.0. The van der Waals surface area contributed by atoms with Crippen molar-refractivity contribution in [2.24, 2.45) is 5.92 Å². The number of aliphatic carboxylic acids is 1. The molecule has 13 heteroatoms. The van der Waals surface area contributed by atoms with E-state index in [-0.39, 0.29) is 28.9 Å². The maximum Gasteiger partial charge on any atom is 0.490 e. The van der Waals surface area contributed by atoms with Gasteiger partial charge in [-0.25, -0.2) is 13.2 Å². The second-order valence-electron chi connectivity index (χ2n) is 9.31. The van der Waals surface area contributed by atoms with Crippen LogP contribution in [0.25, 0.3) is 0 Å². The van der Waals surface area contributed by atoms with Crippen molar-refractivity contribution in [1.29, 1.82) is 0 Å². The Labute approximate surface area is 216 Å². The largest absolute Gasteiger partial charge is 0.490 e. The summed E-state index contributed by atoms with van der Waals surface area (Å²) in [4.78, 5) is 26.0. The van der Waals surface area contributed by atoms with Crippen molar-refractivity contribution >= 4 is 21.9 Å². The first kappa shape index (κ1) is 30.8. The number of para-hydroxylation sites is 1. The molecule has 1 N–H and O–H groups in total. The van der Waals surface area contributed by atoms with Crippen molar-refractivity contribution in [3.63, 3.8) is 0 Å². The molecule has 1 aromatic carbocycles. The fourth-order valence-corrected chi connectivity index (χ4v) is 6.25. The van der Waals surface area contributed by atoms with E-state index in [9.17, 15) is 26.4 Å². The lowest BCUT2D eigenvalue weighted by molar-refractivity contribution is -0.192. The van der Waals surface area contributed by atoms with E-state index in [1.54, 1.807) is 28.6 Å². The number of amides is 1. The minimum absolute atomic E-state index is 0.0307. The summed E-state index contributed by atoms with van der Waals surface area (Å²) in [5.41, 5.74) is 0. The molecule has 0 bridgehead atoms. The molecule has 1 fully saturated rings. The van der Waals surface area contributed by atoms with Crippen LogP contribution in [0.3, 0.4) is 0 Å². The predicted octanol–water partition coefficient (Wildman–Crippen LogP) is 3.06. The van der Waals surface area contributed by atoms with Gasteiger partial charge in [0, 0.05) is 38.5 Å². The highest BCUT2D eigenvalue weighted by molar-refractivity contribution is 7.89. The Morgan fingerprint density at radius 2 is 1.70 bits per heavy atom. The molecule has 0 radical (unpaired) electrons. The molecule has 37 heavy (non-hydrogen) atoms. The van der Waals surface area contributed by atoms with Crippen LogP contribution >= 0.6 is 0 Å². The van der Waals surface area contributed by atoms with Gasteiger partial charge in [-0.05, 0) is 45.5 Å². The van der Waals surface area contributed by atoms with Gasteiger partial charge in [-0.15, -0.1) is 0 Å². The number of carboxylic acid groups (broad SMARTS) is 1. The first-order chi connectivity index (χ1) is 17.2. The number of carbonyl (C=O) groups excluding carboxylic acids is 1. The normalized spacial score (nSPS) is 21.6. The van der Waals surface area contributed by atoms with Gasteiger partial charge in [0.1, 0.15) is 16.7 Å². The monoisotopic (exact) mass is 551 g/mol. The van der Waals surface area contributed by atoms with Crippen molar-refractivity contribution in [2.45, 2.75) is 62.7 Å². The van der Waals surface area contributed by atoms with E-state index in [0.29, 0.717) is 44.8 Å². The average molecular weight is 552 g/mol. The van der Waals surface area contributed by atoms with E-state index >= 15 is 0 Å². The number of halogens is 3. The zero-order valence-corrected chi connectivity index (χ0v) is 22.4. The second kappa shape index (κ2) is 12.9. The number of carboxylic acids is 1. The number of alkyl halides is 3. The van der Waals surface area contributed by atoms with Crippen LogP contribution in [0.2, 0.25) is 0 Å².